The zero-order valence-corrected chi connectivity index (χ0v) is 21.8. The van der Waals surface area contributed by atoms with Crippen molar-refractivity contribution in [1.29, 1.82) is 0 Å². The van der Waals surface area contributed by atoms with E-state index in [0.29, 0.717) is 33.8 Å². The van der Waals surface area contributed by atoms with Crippen molar-refractivity contribution < 1.29 is 18.9 Å². The first-order valence-electron chi connectivity index (χ1n) is 11.3. The number of hydrogen-bond donors (Lipinski definition) is 1. The van der Waals surface area contributed by atoms with Crippen LogP contribution in [0.15, 0.2) is 54.6 Å². The average Bonchev–Trinajstić information content (AvgIpc) is 2.89. The number of fused-ring (bicyclic) bond motifs is 1. The minimum atomic E-state index is -0.0425. The van der Waals surface area contributed by atoms with Gasteiger partial charge in [0, 0.05) is 6.54 Å². The third-order valence-electron chi connectivity index (χ3n) is 6.26. The van der Waals surface area contributed by atoms with E-state index in [0.717, 1.165) is 35.5 Å². The van der Waals surface area contributed by atoms with Gasteiger partial charge in [-0.1, -0.05) is 29.8 Å². The maximum absolute atomic E-state index is 6.39. The lowest BCUT2D eigenvalue weighted by atomic mass is 9.88. The van der Waals surface area contributed by atoms with Crippen LogP contribution in [0.5, 0.6) is 23.0 Å². The third kappa shape index (κ3) is 5.26. The molecule has 184 valence electrons. The summed E-state index contributed by atoms with van der Waals surface area (Å²) in [5.41, 5.74) is 4.24. The smallest absolute Gasteiger partial charge is 0.174 e. The first kappa shape index (κ1) is 24.9. The van der Waals surface area contributed by atoms with Crippen molar-refractivity contribution in [3.8, 4) is 23.0 Å². The highest BCUT2D eigenvalue weighted by molar-refractivity contribution is 7.80. The highest BCUT2D eigenvalue weighted by Crippen LogP contribution is 2.40. The fourth-order valence-electron chi connectivity index (χ4n) is 4.47. The number of para-hydroxylation sites is 1. The Hall–Kier alpha value is -3.16. The number of hydrogen-bond acceptors (Lipinski definition) is 5. The largest absolute Gasteiger partial charge is 0.493 e. The molecular weight excluding hydrogens is 484 g/mol. The van der Waals surface area contributed by atoms with Crippen molar-refractivity contribution in [2.45, 2.75) is 18.9 Å². The van der Waals surface area contributed by atoms with E-state index in [4.69, 9.17) is 42.8 Å². The van der Waals surface area contributed by atoms with Gasteiger partial charge in [0.1, 0.15) is 0 Å². The van der Waals surface area contributed by atoms with Crippen molar-refractivity contribution in [2.75, 3.05) is 40.3 Å². The van der Waals surface area contributed by atoms with Gasteiger partial charge >= 0.3 is 0 Å². The number of thiocarbonyl (C=S) groups is 1. The number of methoxy groups -OCH3 is 4. The quantitative estimate of drug-likeness (QED) is 0.395. The summed E-state index contributed by atoms with van der Waals surface area (Å²) in [5.74, 6) is 2.80. The number of nitrogens with zero attached hydrogens (tertiary/aromatic N) is 1. The van der Waals surface area contributed by atoms with Crippen LogP contribution in [0, 0.1) is 0 Å². The van der Waals surface area contributed by atoms with Crippen molar-refractivity contribution in [1.82, 2.24) is 4.90 Å². The first-order valence-corrected chi connectivity index (χ1v) is 12.1. The maximum atomic E-state index is 6.39. The Morgan fingerprint density at radius 1 is 0.914 bits per heavy atom. The van der Waals surface area contributed by atoms with E-state index >= 15 is 0 Å². The lowest BCUT2D eigenvalue weighted by Gasteiger charge is -2.39. The van der Waals surface area contributed by atoms with Gasteiger partial charge in [-0.15, -0.1) is 0 Å². The molecule has 35 heavy (non-hydrogen) atoms. The summed E-state index contributed by atoms with van der Waals surface area (Å²) in [7, 11) is 6.58. The Morgan fingerprint density at radius 2 is 1.57 bits per heavy atom. The fourth-order valence-corrected chi connectivity index (χ4v) is 4.98. The maximum Gasteiger partial charge on any atom is 0.174 e. The summed E-state index contributed by atoms with van der Waals surface area (Å²) >= 11 is 12.3. The van der Waals surface area contributed by atoms with E-state index in [1.54, 1.807) is 28.4 Å². The van der Waals surface area contributed by atoms with Crippen LogP contribution in [0.2, 0.25) is 5.02 Å². The van der Waals surface area contributed by atoms with Gasteiger partial charge in [0.2, 0.25) is 0 Å². The van der Waals surface area contributed by atoms with Crippen LogP contribution >= 0.6 is 23.8 Å². The zero-order chi connectivity index (χ0) is 24.9. The van der Waals surface area contributed by atoms with E-state index in [1.807, 2.05) is 36.4 Å². The molecule has 1 aliphatic heterocycles. The van der Waals surface area contributed by atoms with Crippen molar-refractivity contribution in [3.05, 3.63) is 76.3 Å². The molecule has 4 rings (SSSR count). The Bertz CT molecular complexity index is 1220. The predicted molar refractivity (Wildman–Crippen MR) is 144 cm³/mol. The summed E-state index contributed by atoms with van der Waals surface area (Å²) < 4.78 is 22.1. The lowest BCUT2D eigenvalue weighted by molar-refractivity contribution is 0.295. The number of halogens is 1. The molecule has 1 N–H and O–H groups in total. The number of benzene rings is 3. The second-order valence-corrected chi connectivity index (χ2v) is 8.96. The molecule has 1 heterocycles. The summed E-state index contributed by atoms with van der Waals surface area (Å²) in [6.45, 7) is 0.747. The second-order valence-electron chi connectivity index (χ2n) is 8.17. The average molecular weight is 513 g/mol. The fraction of sp³-hybridized carbons (Fsp3) is 0.296. The molecule has 0 radical (unpaired) electrons. The van der Waals surface area contributed by atoms with Crippen LogP contribution < -0.4 is 24.3 Å². The van der Waals surface area contributed by atoms with Gasteiger partial charge in [-0.3, -0.25) is 0 Å². The van der Waals surface area contributed by atoms with Crippen LogP contribution in [-0.4, -0.2) is 45.0 Å². The number of nitrogens with one attached hydrogen (secondary N) is 1. The second kappa shape index (κ2) is 11.1. The van der Waals surface area contributed by atoms with Crippen molar-refractivity contribution in [3.63, 3.8) is 0 Å². The van der Waals surface area contributed by atoms with Crippen LogP contribution in [0.25, 0.3) is 0 Å². The minimum Gasteiger partial charge on any atom is -0.493 e. The normalized spacial score (nSPS) is 14.7. The Labute approximate surface area is 216 Å². The molecule has 0 spiro atoms. The van der Waals surface area contributed by atoms with Gasteiger partial charge in [0.15, 0.2) is 28.1 Å². The molecule has 1 aliphatic rings. The molecule has 0 fully saturated rings. The molecule has 0 aliphatic carbocycles. The molecule has 3 aromatic carbocycles. The van der Waals surface area contributed by atoms with E-state index in [1.165, 1.54) is 5.56 Å². The van der Waals surface area contributed by atoms with Gasteiger partial charge in [-0.05, 0) is 78.1 Å². The Balaban J connectivity index is 1.73. The van der Waals surface area contributed by atoms with Gasteiger partial charge < -0.3 is 29.2 Å². The standard InChI is InChI=1S/C27H29ClN2O4S/c1-31-23-10-9-17(14-24(23)32-2)13-22-19-16-26(34-4)25(33-3)15-18(19)11-12-30(22)27(35)29-21-8-6-5-7-20(21)28/h5-10,14-16,22H,11-13H2,1-4H3,(H,29,35). The molecule has 8 heteroatoms. The first-order chi connectivity index (χ1) is 17.0. The Kier molecular flexibility index (Phi) is 7.88. The summed E-state index contributed by atoms with van der Waals surface area (Å²) in [5, 5.41) is 4.58. The SMILES string of the molecule is COc1ccc(CC2c3cc(OC)c(OC)cc3CCN2C(=S)Nc2ccccc2Cl)cc1OC. The monoisotopic (exact) mass is 512 g/mol. The molecule has 0 aromatic heterocycles. The number of ether oxygens (including phenoxy) is 4. The Morgan fingerprint density at radius 3 is 2.26 bits per heavy atom. The van der Waals surface area contributed by atoms with Crippen LogP contribution in [-0.2, 0) is 12.8 Å². The minimum absolute atomic E-state index is 0.0425. The molecule has 1 unspecified atom stereocenters. The van der Waals surface area contributed by atoms with Crippen LogP contribution in [0.1, 0.15) is 22.7 Å². The van der Waals surface area contributed by atoms with Gasteiger partial charge in [0.05, 0.1) is 45.2 Å². The predicted octanol–water partition coefficient (Wildman–Crippen LogP) is 5.91. The molecular formula is C27H29ClN2O4S. The third-order valence-corrected chi connectivity index (χ3v) is 6.92. The van der Waals surface area contributed by atoms with Gasteiger partial charge in [-0.25, -0.2) is 0 Å². The molecule has 0 amide bonds. The van der Waals surface area contributed by atoms with E-state index in [2.05, 4.69) is 28.4 Å². The van der Waals surface area contributed by atoms with Crippen LogP contribution in [0.4, 0.5) is 5.69 Å². The van der Waals surface area contributed by atoms with E-state index in [9.17, 15) is 0 Å². The van der Waals surface area contributed by atoms with Crippen LogP contribution in [0.3, 0.4) is 0 Å². The lowest BCUT2D eigenvalue weighted by Crippen LogP contribution is -2.43. The van der Waals surface area contributed by atoms with Gasteiger partial charge in [-0.2, -0.15) is 0 Å². The molecule has 0 saturated carbocycles. The molecule has 0 saturated heterocycles. The molecule has 0 bridgehead atoms. The highest BCUT2D eigenvalue weighted by atomic mass is 35.5. The summed E-state index contributed by atoms with van der Waals surface area (Å²) in [4.78, 5) is 2.21. The summed E-state index contributed by atoms with van der Waals surface area (Å²) in [6.07, 6.45) is 1.52. The molecule has 1 atom stereocenters. The van der Waals surface area contributed by atoms with Crippen molar-refractivity contribution in [2.24, 2.45) is 0 Å². The topological polar surface area (TPSA) is 52.2 Å². The van der Waals surface area contributed by atoms with E-state index in [-0.39, 0.29) is 6.04 Å². The summed E-state index contributed by atoms with van der Waals surface area (Å²) in [6, 6.07) is 17.7. The number of anilines is 1. The number of rotatable bonds is 7. The zero-order valence-electron chi connectivity index (χ0n) is 20.3. The highest BCUT2D eigenvalue weighted by Gasteiger charge is 2.31. The molecule has 3 aromatic rings. The van der Waals surface area contributed by atoms with Crippen molar-refractivity contribution >= 4 is 34.6 Å². The van der Waals surface area contributed by atoms with E-state index < -0.39 is 0 Å². The van der Waals surface area contributed by atoms with Gasteiger partial charge in [0.25, 0.3) is 0 Å². The molecule has 6 nitrogen and oxygen atoms in total.